The number of aromatic nitrogens is 2. The number of nitrogens with one attached hydrogen (secondary N) is 1. The lowest BCUT2D eigenvalue weighted by molar-refractivity contribution is 0.0593. The van der Waals surface area contributed by atoms with Crippen LogP contribution in [0, 0.1) is 13.8 Å². The number of carbonyl (C=O) groups excluding carboxylic acids is 1. The van der Waals surface area contributed by atoms with Crippen molar-refractivity contribution in [1.82, 2.24) is 10.2 Å². The monoisotopic (exact) mass is 275 g/mol. The van der Waals surface area contributed by atoms with E-state index in [4.69, 9.17) is 4.42 Å². The largest absolute Gasteiger partial charge is 0.466 e. The molecule has 0 spiro atoms. The molecular weight excluding hydrogens is 258 g/mol. The van der Waals surface area contributed by atoms with Crippen LogP contribution in [0.4, 0.5) is 5.82 Å². The second kappa shape index (κ2) is 5.73. The van der Waals surface area contributed by atoms with Gasteiger partial charge >= 0.3 is 5.97 Å². The van der Waals surface area contributed by atoms with Crippen molar-refractivity contribution in [3.63, 3.8) is 0 Å². The molecule has 2 heterocycles. The third-order valence-corrected chi connectivity index (χ3v) is 2.97. The molecule has 1 atom stereocenters. The van der Waals surface area contributed by atoms with Crippen LogP contribution in [0.3, 0.4) is 0 Å². The SMILES string of the molecule is COC(=O)c1ccc(NC(C)c2cc(C)oc2C)nn1. The fourth-order valence-electron chi connectivity index (χ4n) is 2.00. The number of ether oxygens (including phenoxy) is 1. The molecule has 0 aliphatic rings. The maximum absolute atomic E-state index is 11.3. The van der Waals surface area contributed by atoms with Crippen LogP contribution >= 0.6 is 0 Å². The highest BCUT2D eigenvalue weighted by atomic mass is 16.5. The van der Waals surface area contributed by atoms with Crippen LogP contribution in [0.2, 0.25) is 0 Å². The van der Waals surface area contributed by atoms with E-state index in [1.165, 1.54) is 7.11 Å². The smallest absolute Gasteiger partial charge is 0.358 e. The normalized spacial score (nSPS) is 12.0. The van der Waals surface area contributed by atoms with Gasteiger partial charge in [-0.05, 0) is 39.0 Å². The van der Waals surface area contributed by atoms with Gasteiger partial charge in [0.2, 0.25) is 0 Å². The second-order valence-corrected chi connectivity index (χ2v) is 4.53. The van der Waals surface area contributed by atoms with E-state index >= 15 is 0 Å². The second-order valence-electron chi connectivity index (χ2n) is 4.53. The Labute approximate surface area is 117 Å². The van der Waals surface area contributed by atoms with Crippen LogP contribution in [-0.4, -0.2) is 23.3 Å². The van der Waals surface area contributed by atoms with Gasteiger partial charge in [-0.1, -0.05) is 0 Å². The molecule has 2 aromatic heterocycles. The minimum Gasteiger partial charge on any atom is -0.466 e. The molecule has 1 N–H and O–H groups in total. The number of methoxy groups -OCH3 is 1. The molecule has 0 aromatic carbocycles. The quantitative estimate of drug-likeness (QED) is 0.864. The van der Waals surface area contributed by atoms with E-state index in [0.717, 1.165) is 17.1 Å². The first kappa shape index (κ1) is 14.0. The summed E-state index contributed by atoms with van der Waals surface area (Å²) in [4.78, 5) is 11.3. The minimum atomic E-state index is -0.501. The van der Waals surface area contributed by atoms with Gasteiger partial charge in [0.25, 0.3) is 0 Å². The Morgan fingerprint density at radius 3 is 2.60 bits per heavy atom. The van der Waals surface area contributed by atoms with Crippen molar-refractivity contribution in [3.05, 3.63) is 41.0 Å². The highest BCUT2D eigenvalue weighted by Gasteiger charge is 2.14. The fraction of sp³-hybridized carbons (Fsp3) is 0.357. The zero-order valence-electron chi connectivity index (χ0n) is 11.9. The number of carbonyl (C=O) groups is 1. The molecular formula is C14H17N3O3. The van der Waals surface area contributed by atoms with Gasteiger partial charge in [-0.15, -0.1) is 10.2 Å². The summed E-state index contributed by atoms with van der Waals surface area (Å²) < 4.78 is 10.1. The average molecular weight is 275 g/mol. The van der Waals surface area contributed by atoms with Crippen molar-refractivity contribution >= 4 is 11.8 Å². The number of anilines is 1. The van der Waals surface area contributed by atoms with Crippen molar-refractivity contribution in [3.8, 4) is 0 Å². The molecule has 0 saturated heterocycles. The summed E-state index contributed by atoms with van der Waals surface area (Å²) in [6.45, 7) is 5.84. The molecule has 0 saturated carbocycles. The third-order valence-electron chi connectivity index (χ3n) is 2.97. The third kappa shape index (κ3) is 2.96. The van der Waals surface area contributed by atoms with E-state index < -0.39 is 5.97 Å². The van der Waals surface area contributed by atoms with Gasteiger partial charge in [-0.25, -0.2) is 4.79 Å². The van der Waals surface area contributed by atoms with Crippen molar-refractivity contribution in [2.24, 2.45) is 0 Å². The Hall–Kier alpha value is -2.37. The van der Waals surface area contributed by atoms with Gasteiger partial charge in [-0.2, -0.15) is 0 Å². The Morgan fingerprint density at radius 2 is 2.10 bits per heavy atom. The van der Waals surface area contributed by atoms with Crippen LogP contribution in [0.1, 0.15) is 40.5 Å². The first-order chi connectivity index (χ1) is 9.51. The summed E-state index contributed by atoms with van der Waals surface area (Å²) >= 11 is 0. The van der Waals surface area contributed by atoms with Crippen LogP contribution < -0.4 is 5.32 Å². The maximum atomic E-state index is 11.3. The summed E-state index contributed by atoms with van der Waals surface area (Å²) in [5, 5.41) is 11.0. The van der Waals surface area contributed by atoms with Gasteiger partial charge in [-0.3, -0.25) is 0 Å². The van der Waals surface area contributed by atoms with Crippen molar-refractivity contribution in [2.45, 2.75) is 26.8 Å². The predicted molar refractivity (Wildman–Crippen MR) is 73.6 cm³/mol. The predicted octanol–water partition coefficient (Wildman–Crippen LogP) is 2.65. The van der Waals surface area contributed by atoms with E-state index in [2.05, 4.69) is 20.3 Å². The van der Waals surface area contributed by atoms with Crippen LogP contribution in [0.25, 0.3) is 0 Å². The minimum absolute atomic E-state index is 0.0331. The molecule has 20 heavy (non-hydrogen) atoms. The summed E-state index contributed by atoms with van der Waals surface area (Å²) in [5.41, 5.74) is 1.25. The average Bonchev–Trinajstić information content (AvgIpc) is 2.78. The Balaban J connectivity index is 2.10. The van der Waals surface area contributed by atoms with E-state index in [1.54, 1.807) is 12.1 Å². The van der Waals surface area contributed by atoms with E-state index in [1.807, 2.05) is 26.8 Å². The fourth-order valence-corrected chi connectivity index (χ4v) is 2.00. The number of nitrogens with zero attached hydrogens (tertiary/aromatic N) is 2. The van der Waals surface area contributed by atoms with Crippen molar-refractivity contribution in [1.29, 1.82) is 0 Å². The summed E-state index contributed by atoms with van der Waals surface area (Å²) in [6.07, 6.45) is 0. The highest BCUT2D eigenvalue weighted by Crippen LogP contribution is 2.23. The Bertz CT molecular complexity index is 605. The molecule has 0 fully saturated rings. The standard InChI is InChI=1S/C14H17N3O3/c1-8-7-11(10(3)20-8)9(2)15-13-6-5-12(16-17-13)14(18)19-4/h5-7,9H,1-4H3,(H,15,17). The van der Waals surface area contributed by atoms with Gasteiger partial charge in [0, 0.05) is 5.56 Å². The van der Waals surface area contributed by atoms with Gasteiger partial charge < -0.3 is 14.5 Å². The summed E-state index contributed by atoms with van der Waals surface area (Å²) in [6, 6.07) is 5.29. The highest BCUT2D eigenvalue weighted by molar-refractivity contribution is 5.86. The molecule has 0 aliphatic heterocycles. The number of aryl methyl sites for hydroxylation is 2. The van der Waals surface area contributed by atoms with Crippen LogP contribution in [0.15, 0.2) is 22.6 Å². The van der Waals surface area contributed by atoms with Gasteiger partial charge in [0.15, 0.2) is 5.69 Å². The lowest BCUT2D eigenvalue weighted by Gasteiger charge is -2.13. The zero-order valence-corrected chi connectivity index (χ0v) is 11.9. The Kier molecular flexibility index (Phi) is 4.02. The molecule has 0 bridgehead atoms. The molecule has 2 aromatic rings. The number of rotatable bonds is 4. The first-order valence-corrected chi connectivity index (χ1v) is 6.26. The van der Waals surface area contributed by atoms with Crippen molar-refractivity contribution < 1.29 is 13.9 Å². The molecule has 6 heteroatoms. The van der Waals surface area contributed by atoms with Crippen LogP contribution in [-0.2, 0) is 4.74 Å². The molecule has 0 radical (unpaired) electrons. The summed E-state index contributed by atoms with van der Waals surface area (Å²) in [5.74, 6) is 1.83. The van der Waals surface area contributed by atoms with Gasteiger partial charge in [0.05, 0.1) is 13.2 Å². The summed E-state index contributed by atoms with van der Waals surface area (Å²) in [7, 11) is 1.31. The molecule has 106 valence electrons. The number of esters is 1. The lowest BCUT2D eigenvalue weighted by atomic mass is 10.1. The van der Waals surface area contributed by atoms with Crippen LogP contribution in [0.5, 0.6) is 0 Å². The zero-order chi connectivity index (χ0) is 14.7. The first-order valence-electron chi connectivity index (χ1n) is 6.26. The molecule has 6 nitrogen and oxygen atoms in total. The van der Waals surface area contributed by atoms with E-state index in [9.17, 15) is 4.79 Å². The van der Waals surface area contributed by atoms with E-state index in [0.29, 0.717) is 5.82 Å². The number of hydrogen-bond acceptors (Lipinski definition) is 6. The molecule has 1 unspecified atom stereocenters. The maximum Gasteiger partial charge on any atom is 0.358 e. The molecule has 0 amide bonds. The van der Waals surface area contributed by atoms with E-state index in [-0.39, 0.29) is 11.7 Å². The topological polar surface area (TPSA) is 77.2 Å². The number of furan rings is 1. The Morgan fingerprint density at radius 1 is 1.35 bits per heavy atom. The van der Waals surface area contributed by atoms with Crippen molar-refractivity contribution in [2.75, 3.05) is 12.4 Å². The van der Waals surface area contributed by atoms with Gasteiger partial charge in [0.1, 0.15) is 17.3 Å². The molecule has 2 rings (SSSR count). The number of hydrogen-bond donors (Lipinski definition) is 1. The lowest BCUT2D eigenvalue weighted by Crippen LogP contribution is -2.11. The molecule has 0 aliphatic carbocycles.